The quantitative estimate of drug-likeness (QED) is 0.568. The third-order valence-corrected chi connectivity index (χ3v) is 8.21. The van der Waals surface area contributed by atoms with Crippen LogP contribution in [0.3, 0.4) is 0 Å². The second kappa shape index (κ2) is 5.14. The Hall–Kier alpha value is -0.673. The second-order valence-electron chi connectivity index (χ2n) is 6.89. The van der Waals surface area contributed by atoms with Crippen LogP contribution in [0, 0.1) is 5.92 Å². The summed E-state index contributed by atoms with van der Waals surface area (Å²) in [5, 5.41) is 0.162. The van der Waals surface area contributed by atoms with Gasteiger partial charge in [0.05, 0.1) is 6.10 Å². The van der Waals surface area contributed by atoms with Gasteiger partial charge in [-0.05, 0) is 36.2 Å². The number of carbonyl (C=O) groups is 1. The van der Waals surface area contributed by atoms with Crippen LogP contribution in [0.2, 0.25) is 18.1 Å². The van der Waals surface area contributed by atoms with Crippen LogP contribution < -0.4 is 0 Å². The van der Waals surface area contributed by atoms with Crippen molar-refractivity contribution in [3.05, 3.63) is 23.8 Å². The maximum Gasteiger partial charge on any atom is 0.193 e. The third kappa shape index (κ3) is 3.42. The molecule has 0 aromatic rings. The summed E-state index contributed by atoms with van der Waals surface area (Å²) < 4.78 is 6.31. The Bertz CT molecular complexity index is 384. The molecule has 1 rings (SSSR count). The summed E-state index contributed by atoms with van der Waals surface area (Å²) >= 11 is 0. The minimum atomic E-state index is -1.84. The van der Waals surface area contributed by atoms with E-state index in [0.717, 1.165) is 5.57 Å². The van der Waals surface area contributed by atoms with Crippen LogP contribution in [0.1, 0.15) is 34.6 Å². The molecule has 0 aromatic heterocycles. The first-order valence-electron chi connectivity index (χ1n) is 6.66. The Morgan fingerprint density at radius 3 is 2.33 bits per heavy atom. The highest BCUT2D eigenvalue weighted by molar-refractivity contribution is 6.74. The molecule has 1 atom stereocenters. The Morgan fingerprint density at radius 1 is 1.33 bits per heavy atom. The molecular weight excluding hydrogens is 240 g/mol. The van der Waals surface area contributed by atoms with Gasteiger partial charge in [-0.15, -0.1) is 0 Å². The van der Waals surface area contributed by atoms with E-state index in [0.29, 0.717) is 5.92 Å². The summed E-state index contributed by atoms with van der Waals surface area (Å²) in [5.74, 6) is 0.474. The molecule has 18 heavy (non-hydrogen) atoms. The monoisotopic (exact) mass is 266 g/mol. The van der Waals surface area contributed by atoms with Crippen LogP contribution in [0.25, 0.3) is 0 Å². The second-order valence-corrected chi connectivity index (χ2v) is 11.6. The van der Waals surface area contributed by atoms with E-state index < -0.39 is 8.32 Å². The molecule has 2 nitrogen and oxygen atoms in total. The molecule has 0 aromatic carbocycles. The zero-order chi connectivity index (χ0) is 14.1. The largest absolute Gasteiger partial charge is 0.406 e. The van der Waals surface area contributed by atoms with Crippen LogP contribution in [0.5, 0.6) is 0 Å². The normalized spacial score (nSPS) is 23.4. The predicted molar refractivity (Wildman–Crippen MR) is 79.1 cm³/mol. The lowest BCUT2D eigenvalue weighted by molar-refractivity contribution is -0.111. The summed E-state index contributed by atoms with van der Waals surface area (Å²) in [6, 6.07) is 0. The summed E-state index contributed by atoms with van der Waals surface area (Å²) in [5.41, 5.74) is 0.815. The van der Waals surface area contributed by atoms with E-state index in [9.17, 15) is 4.79 Å². The first-order chi connectivity index (χ1) is 8.04. The molecule has 0 spiro atoms. The average molecular weight is 266 g/mol. The number of hydrogen-bond donors (Lipinski definition) is 0. The fraction of sp³-hybridized carbons (Fsp3) is 0.667. The van der Waals surface area contributed by atoms with Gasteiger partial charge >= 0.3 is 0 Å². The Morgan fingerprint density at radius 2 is 1.89 bits per heavy atom. The van der Waals surface area contributed by atoms with Crippen molar-refractivity contribution in [3.63, 3.8) is 0 Å². The summed E-state index contributed by atoms with van der Waals surface area (Å²) in [4.78, 5) is 11.8. The minimum absolute atomic E-state index is 0.104. The van der Waals surface area contributed by atoms with E-state index in [1.807, 2.05) is 12.2 Å². The number of allylic oxidation sites excluding steroid dienone is 2. The number of ketones is 1. The number of hydrogen-bond acceptors (Lipinski definition) is 2. The van der Waals surface area contributed by atoms with E-state index in [2.05, 4.69) is 47.7 Å². The van der Waals surface area contributed by atoms with Gasteiger partial charge in [-0.2, -0.15) is 0 Å². The van der Waals surface area contributed by atoms with Gasteiger partial charge in [-0.3, -0.25) is 4.79 Å². The molecule has 1 aliphatic carbocycles. The fourth-order valence-electron chi connectivity index (χ4n) is 1.65. The maximum atomic E-state index is 11.8. The van der Waals surface area contributed by atoms with Gasteiger partial charge in [0.25, 0.3) is 0 Å². The molecule has 0 saturated heterocycles. The van der Waals surface area contributed by atoms with E-state index >= 15 is 0 Å². The molecule has 102 valence electrons. The van der Waals surface area contributed by atoms with Gasteiger partial charge in [0.15, 0.2) is 14.1 Å². The van der Waals surface area contributed by atoms with E-state index in [1.54, 1.807) is 6.08 Å². The highest BCUT2D eigenvalue weighted by Crippen LogP contribution is 2.39. The van der Waals surface area contributed by atoms with E-state index in [-0.39, 0.29) is 16.9 Å². The van der Waals surface area contributed by atoms with Crippen molar-refractivity contribution in [2.45, 2.75) is 58.9 Å². The smallest absolute Gasteiger partial charge is 0.193 e. The Kier molecular flexibility index (Phi) is 4.39. The molecule has 0 bridgehead atoms. The van der Waals surface area contributed by atoms with E-state index in [1.165, 1.54) is 0 Å². The first-order valence-corrected chi connectivity index (χ1v) is 9.57. The SMILES string of the molecule is CC(C)/C=C1/C(=O)C=CC1O[Si](C)(C)C(C)(C)C. The molecule has 0 heterocycles. The molecule has 0 aliphatic heterocycles. The zero-order valence-electron chi connectivity index (χ0n) is 12.7. The number of rotatable bonds is 3. The number of carbonyl (C=O) groups excluding carboxylic acids is 1. The highest BCUT2D eigenvalue weighted by Gasteiger charge is 2.40. The standard InChI is InChI=1S/C15H26O2Si/c1-11(2)10-12-13(16)8-9-14(12)17-18(6,7)15(3,4)5/h8-11,14H,1-7H3/b12-10-. The molecule has 3 heteroatoms. The van der Waals surface area contributed by atoms with Gasteiger partial charge in [0, 0.05) is 5.57 Å². The lowest BCUT2D eigenvalue weighted by Gasteiger charge is -2.38. The lowest BCUT2D eigenvalue weighted by atomic mass is 10.1. The van der Waals surface area contributed by atoms with Crippen molar-refractivity contribution in [2.24, 2.45) is 5.92 Å². The van der Waals surface area contributed by atoms with Crippen molar-refractivity contribution in [2.75, 3.05) is 0 Å². The Labute approximate surface area is 112 Å². The van der Waals surface area contributed by atoms with Gasteiger partial charge in [0.1, 0.15) is 0 Å². The Balaban J connectivity index is 2.91. The molecule has 1 unspecified atom stereocenters. The summed E-state index contributed by atoms with van der Waals surface area (Å²) in [7, 11) is -1.84. The molecule has 0 fully saturated rings. The van der Waals surface area contributed by atoms with Crippen LogP contribution in [-0.4, -0.2) is 20.2 Å². The van der Waals surface area contributed by atoms with E-state index in [4.69, 9.17) is 4.43 Å². The van der Waals surface area contributed by atoms with Crippen molar-refractivity contribution < 1.29 is 9.22 Å². The van der Waals surface area contributed by atoms with Gasteiger partial charge < -0.3 is 4.43 Å². The predicted octanol–water partition coefficient (Wildman–Crippen LogP) is 4.10. The minimum Gasteiger partial charge on any atom is -0.406 e. The summed E-state index contributed by atoms with van der Waals surface area (Å²) in [6.45, 7) is 15.2. The average Bonchev–Trinajstić information content (AvgIpc) is 2.46. The van der Waals surface area contributed by atoms with Crippen LogP contribution in [-0.2, 0) is 9.22 Å². The van der Waals surface area contributed by atoms with Crippen molar-refractivity contribution in [3.8, 4) is 0 Å². The van der Waals surface area contributed by atoms with Gasteiger partial charge in [-0.25, -0.2) is 0 Å². The first kappa shape index (κ1) is 15.4. The van der Waals surface area contributed by atoms with Crippen molar-refractivity contribution in [1.29, 1.82) is 0 Å². The molecule has 0 radical (unpaired) electrons. The topological polar surface area (TPSA) is 26.3 Å². The maximum absolute atomic E-state index is 11.8. The zero-order valence-corrected chi connectivity index (χ0v) is 13.7. The van der Waals surface area contributed by atoms with Crippen molar-refractivity contribution >= 4 is 14.1 Å². The molecule has 0 N–H and O–H groups in total. The molecule has 1 aliphatic rings. The fourth-order valence-corrected chi connectivity index (χ4v) is 2.84. The third-order valence-electron chi connectivity index (χ3n) is 3.75. The highest BCUT2D eigenvalue weighted by atomic mass is 28.4. The summed E-state index contributed by atoms with van der Waals surface area (Å²) in [6.07, 6.45) is 5.43. The van der Waals surface area contributed by atoms with Crippen molar-refractivity contribution in [1.82, 2.24) is 0 Å². The van der Waals surface area contributed by atoms with Crippen LogP contribution in [0.4, 0.5) is 0 Å². The lowest BCUT2D eigenvalue weighted by Crippen LogP contribution is -2.43. The van der Waals surface area contributed by atoms with Gasteiger partial charge in [0.2, 0.25) is 0 Å². The van der Waals surface area contributed by atoms with Gasteiger partial charge in [-0.1, -0.05) is 40.7 Å². The van der Waals surface area contributed by atoms with Crippen LogP contribution >= 0.6 is 0 Å². The van der Waals surface area contributed by atoms with Crippen LogP contribution in [0.15, 0.2) is 23.8 Å². The molecule has 0 amide bonds. The molecule has 0 saturated carbocycles. The molecular formula is C15H26O2Si.